The van der Waals surface area contributed by atoms with Crippen LogP contribution in [0.2, 0.25) is 0 Å². The van der Waals surface area contributed by atoms with E-state index in [9.17, 15) is 4.79 Å². The molecule has 0 saturated carbocycles. The van der Waals surface area contributed by atoms with E-state index in [1.54, 1.807) is 18.2 Å². The molecule has 7 nitrogen and oxygen atoms in total. The lowest BCUT2D eigenvalue weighted by atomic mass is 10.1. The van der Waals surface area contributed by atoms with Gasteiger partial charge in [-0.15, -0.1) is 0 Å². The number of aromatic nitrogens is 3. The highest BCUT2D eigenvalue weighted by Gasteiger charge is 2.34. The van der Waals surface area contributed by atoms with Gasteiger partial charge in [-0.1, -0.05) is 19.1 Å². The Morgan fingerprint density at radius 2 is 2.10 bits per heavy atom. The van der Waals surface area contributed by atoms with Crippen LogP contribution in [-0.4, -0.2) is 46.3 Å². The summed E-state index contributed by atoms with van der Waals surface area (Å²) in [6, 6.07) is 11.7. The number of amides is 2. The molecule has 4 rings (SSSR count). The number of hydrogen-bond acceptors (Lipinski definition) is 4. The molecule has 0 bridgehead atoms. The van der Waals surface area contributed by atoms with Gasteiger partial charge in [0, 0.05) is 30.4 Å². The number of anilines is 1. The van der Waals surface area contributed by atoms with E-state index in [2.05, 4.69) is 17.1 Å². The Balaban J connectivity index is 1.57. The molecule has 2 aromatic heterocycles. The van der Waals surface area contributed by atoms with E-state index < -0.39 is 0 Å². The zero-order chi connectivity index (χ0) is 20.4. The minimum absolute atomic E-state index is 0.0223. The first kappa shape index (κ1) is 19.0. The zero-order valence-corrected chi connectivity index (χ0v) is 16.9. The normalized spacial score (nSPS) is 15.1. The summed E-state index contributed by atoms with van der Waals surface area (Å²) in [5, 5.41) is 6.86. The number of ether oxygens (including phenoxy) is 1. The van der Waals surface area contributed by atoms with E-state index >= 15 is 0 Å². The molecule has 0 aliphatic carbocycles. The standard InChI is InChI=1S/C22H25N5O2/c1-4-20-19(17-13-23-24-14-17)8-9-21(25-20)27-11-10-26(22(27)28)15(2)16-6-5-7-18(12-16)29-3/h5-9,12-15H,4,10-11H2,1-3H3,(H,23,24). The minimum Gasteiger partial charge on any atom is -0.497 e. The SMILES string of the molecule is CCc1nc(N2CCN(C(C)c3cccc(OC)c3)C2=O)ccc1-c1cn[nH]c1. The van der Waals surface area contributed by atoms with Gasteiger partial charge in [0.2, 0.25) is 0 Å². The van der Waals surface area contributed by atoms with Crippen LogP contribution in [0.1, 0.15) is 31.1 Å². The van der Waals surface area contributed by atoms with Crippen molar-refractivity contribution in [1.82, 2.24) is 20.1 Å². The van der Waals surface area contributed by atoms with Gasteiger partial charge in [0.1, 0.15) is 11.6 Å². The number of methoxy groups -OCH3 is 1. The van der Waals surface area contributed by atoms with Gasteiger partial charge in [-0.05, 0) is 43.2 Å². The van der Waals surface area contributed by atoms with Crippen LogP contribution in [0.25, 0.3) is 11.1 Å². The Bertz CT molecular complexity index is 1000. The van der Waals surface area contributed by atoms with E-state index in [4.69, 9.17) is 9.72 Å². The summed E-state index contributed by atoms with van der Waals surface area (Å²) >= 11 is 0. The predicted molar refractivity (Wildman–Crippen MR) is 112 cm³/mol. The van der Waals surface area contributed by atoms with Gasteiger partial charge in [-0.3, -0.25) is 10.00 Å². The molecule has 1 saturated heterocycles. The van der Waals surface area contributed by atoms with Gasteiger partial charge >= 0.3 is 6.03 Å². The highest BCUT2D eigenvalue weighted by atomic mass is 16.5. The molecular weight excluding hydrogens is 366 g/mol. The predicted octanol–water partition coefficient (Wildman–Crippen LogP) is 4.05. The Labute approximate surface area is 170 Å². The van der Waals surface area contributed by atoms with E-state index in [-0.39, 0.29) is 12.1 Å². The van der Waals surface area contributed by atoms with Gasteiger partial charge in [-0.2, -0.15) is 5.10 Å². The van der Waals surface area contributed by atoms with Crippen molar-refractivity contribution in [2.45, 2.75) is 26.3 Å². The highest BCUT2D eigenvalue weighted by molar-refractivity contribution is 5.93. The molecule has 29 heavy (non-hydrogen) atoms. The maximum absolute atomic E-state index is 13.2. The summed E-state index contributed by atoms with van der Waals surface area (Å²) in [5.74, 6) is 1.49. The van der Waals surface area contributed by atoms with Gasteiger partial charge in [0.05, 0.1) is 25.0 Å². The van der Waals surface area contributed by atoms with E-state index in [1.165, 1.54) is 0 Å². The monoisotopic (exact) mass is 391 g/mol. The first-order valence-electron chi connectivity index (χ1n) is 9.83. The number of hydrogen-bond donors (Lipinski definition) is 1. The number of aromatic amines is 1. The molecule has 1 unspecified atom stereocenters. The van der Waals surface area contributed by atoms with Crippen LogP contribution in [0, 0.1) is 0 Å². The van der Waals surface area contributed by atoms with Crippen LogP contribution in [0.5, 0.6) is 5.75 Å². The van der Waals surface area contributed by atoms with Crippen LogP contribution in [0.15, 0.2) is 48.8 Å². The molecule has 0 radical (unpaired) electrons. The third kappa shape index (κ3) is 3.55. The van der Waals surface area contributed by atoms with Crippen LogP contribution in [-0.2, 0) is 6.42 Å². The molecule has 1 aliphatic rings. The molecule has 1 fully saturated rings. The third-order valence-electron chi connectivity index (χ3n) is 5.46. The molecule has 3 aromatic rings. The second kappa shape index (κ2) is 7.95. The fraction of sp³-hybridized carbons (Fsp3) is 0.318. The van der Waals surface area contributed by atoms with Crippen molar-refractivity contribution in [3.63, 3.8) is 0 Å². The minimum atomic E-state index is -0.0431. The molecular formula is C22H25N5O2. The Hall–Kier alpha value is -3.35. The maximum Gasteiger partial charge on any atom is 0.326 e. The molecule has 2 amide bonds. The van der Waals surface area contributed by atoms with Crippen LogP contribution >= 0.6 is 0 Å². The number of urea groups is 1. The number of aryl methyl sites for hydroxylation is 1. The summed E-state index contributed by atoms with van der Waals surface area (Å²) < 4.78 is 5.32. The van der Waals surface area contributed by atoms with Gasteiger partial charge in [0.25, 0.3) is 0 Å². The lowest BCUT2D eigenvalue weighted by Gasteiger charge is -2.25. The Morgan fingerprint density at radius 3 is 2.83 bits per heavy atom. The number of nitrogens with zero attached hydrogens (tertiary/aromatic N) is 4. The van der Waals surface area contributed by atoms with Gasteiger partial charge in [0.15, 0.2) is 0 Å². The van der Waals surface area contributed by atoms with E-state index in [1.807, 2.05) is 54.4 Å². The second-order valence-corrected chi connectivity index (χ2v) is 7.08. The number of benzene rings is 1. The Morgan fingerprint density at radius 1 is 1.24 bits per heavy atom. The largest absolute Gasteiger partial charge is 0.497 e. The number of carbonyl (C=O) groups is 1. The lowest BCUT2D eigenvalue weighted by Crippen LogP contribution is -2.34. The maximum atomic E-state index is 13.2. The number of nitrogens with one attached hydrogen (secondary N) is 1. The van der Waals surface area contributed by atoms with Crippen molar-refractivity contribution in [2.75, 3.05) is 25.1 Å². The quantitative estimate of drug-likeness (QED) is 0.688. The number of H-pyrrole nitrogens is 1. The van der Waals surface area contributed by atoms with Crippen molar-refractivity contribution < 1.29 is 9.53 Å². The lowest BCUT2D eigenvalue weighted by molar-refractivity contribution is 0.205. The number of pyridine rings is 1. The molecule has 3 heterocycles. The smallest absolute Gasteiger partial charge is 0.326 e. The zero-order valence-electron chi connectivity index (χ0n) is 16.9. The van der Waals surface area contributed by atoms with Crippen molar-refractivity contribution in [1.29, 1.82) is 0 Å². The van der Waals surface area contributed by atoms with Crippen molar-refractivity contribution in [3.8, 4) is 16.9 Å². The summed E-state index contributed by atoms with van der Waals surface area (Å²) in [4.78, 5) is 21.6. The summed E-state index contributed by atoms with van der Waals surface area (Å²) in [5.41, 5.74) is 4.05. The first-order chi connectivity index (χ1) is 14.1. The third-order valence-corrected chi connectivity index (χ3v) is 5.46. The molecule has 7 heteroatoms. The first-order valence-corrected chi connectivity index (χ1v) is 9.83. The van der Waals surface area contributed by atoms with E-state index in [0.717, 1.165) is 34.6 Å². The topological polar surface area (TPSA) is 74.3 Å². The summed E-state index contributed by atoms with van der Waals surface area (Å²) in [6.07, 6.45) is 4.42. The average molecular weight is 391 g/mol. The van der Waals surface area contributed by atoms with Crippen molar-refractivity contribution in [3.05, 3.63) is 60.0 Å². The van der Waals surface area contributed by atoms with Crippen LogP contribution < -0.4 is 9.64 Å². The summed E-state index contributed by atoms with van der Waals surface area (Å²) in [7, 11) is 1.65. The number of rotatable bonds is 6. The average Bonchev–Trinajstić information content (AvgIpc) is 3.43. The van der Waals surface area contributed by atoms with Crippen molar-refractivity contribution in [2.24, 2.45) is 0 Å². The Kier molecular flexibility index (Phi) is 5.20. The van der Waals surface area contributed by atoms with E-state index in [0.29, 0.717) is 18.9 Å². The van der Waals surface area contributed by atoms with Crippen LogP contribution in [0.4, 0.5) is 10.6 Å². The second-order valence-electron chi connectivity index (χ2n) is 7.08. The molecule has 1 N–H and O–H groups in total. The van der Waals surface area contributed by atoms with Gasteiger partial charge < -0.3 is 9.64 Å². The summed E-state index contributed by atoms with van der Waals surface area (Å²) in [6.45, 7) is 5.39. The van der Waals surface area contributed by atoms with Crippen molar-refractivity contribution >= 4 is 11.8 Å². The molecule has 0 spiro atoms. The molecule has 150 valence electrons. The molecule has 1 atom stereocenters. The van der Waals surface area contributed by atoms with Crippen LogP contribution in [0.3, 0.4) is 0 Å². The fourth-order valence-corrected chi connectivity index (χ4v) is 3.78. The molecule has 1 aromatic carbocycles. The number of carbonyl (C=O) groups excluding carboxylic acids is 1. The fourth-order valence-electron chi connectivity index (χ4n) is 3.78. The molecule has 1 aliphatic heterocycles. The van der Waals surface area contributed by atoms with Gasteiger partial charge in [-0.25, -0.2) is 9.78 Å². The highest BCUT2D eigenvalue weighted by Crippen LogP contribution is 2.31.